The van der Waals surface area contributed by atoms with Crippen LogP contribution in [0, 0.1) is 0 Å². The van der Waals surface area contributed by atoms with Crippen LogP contribution in [0.25, 0.3) is 0 Å². The number of rotatable bonds is 5. The van der Waals surface area contributed by atoms with Gasteiger partial charge in [-0.05, 0) is 13.8 Å². The van der Waals surface area contributed by atoms with Crippen LogP contribution in [0.15, 0.2) is 11.8 Å². The van der Waals surface area contributed by atoms with Gasteiger partial charge in [-0.25, -0.2) is 9.59 Å². The molecule has 9 nitrogen and oxygen atoms in total. The molecule has 3 N–H and O–H groups in total. The Hall–Kier alpha value is -1.68. The van der Waals surface area contributed by atoms with Crippen LogP contribution in [0.4, 0.5) is 0 Å². The first-order valence-corrected chi connectivity index (χ1v) is 7.42. The fourth-order valence-corrected chi connectivity index (χ4v) is 2.57. The number of ether oxygens (including phenoxy) is 3. The first kappa shape index (κ1) is 17.7. The molecule has 2 aliphatic rings. The Morgan fingerprint density at radius 2 is 1.65 bits per heavy atom. The number of carbonyl (C=O) groups excluding carboxylic acids is 2. The molecule has 130 valence electrons. The normalized spacial score (nSPS) is 32.4. The van der Waals surface area contributed by atoms with Crippen LogP contribution in [0.1, 0.15) is 13.8 Å². The second kappa shape index (κ2) is 7.26. The van der Waals surface area contributed by atoms with Crippen molar-refractivity contribution in [3.63, 3.8) is 0 Å². The van der Waals surface area contributed by atoms with Gasteiger partial charge >= 0.3 is 11.9 Å². The lowest BCUT2D eigenvalue weighted by Gasteiger charge is -2.34. The van der Waals surface area contributed by atoms with Crippen molar-refractivity contribution >= 4 is 11.9 Å². The topological polar surface area (TPSA) is 126 Å². The Morgan fingerprint density at radius 1 is 1.09 bits per heavy atom. The number of aliphatic hydroxyl groups is 3. The minimum atomic E-state index is -1.38. The average Bonchev–Trinajstić information content (AvgIpc) is 2.90. The maximum atomic E-state index is 11.9. The number of fused-ring (bicyclic) bond motifs is 2. The highest BCUT2D eigenvalue weighted by molar-refractivity contribution is 6.13. The van der Waals surface area contributed by atoms with E-state index < -0.39 is 42.6 Å². The van der Waals surface area contributed by atoms with E-state index >= 15 is 0 Å². The highest BCUT2D eigenvalue weighted by Gasteiger charge is 2.51. The molecule has 0 aromatic heterocycles. The Kier molecular flexibility index (Phi) is 5.58. The van der Waals surface area contributed by atoms with E-state index in [-0.39, 0.29) is 25.3 Å². The van der Waals surface area contributed by atoms with E-state index in [1.165, 1.54) is 11.1 Å². The number of hydrogen-bond acceptors (Lipinski definition) is 9. The van der Waals surface area contributed by atoms with Crippen LogP contribution >= 0.6 is 0 Å². The molecule has 0 radical (unpaired) electrons. The van der Waals surface area contributed by atoms with Gasteiger partial charge in [-0.3, -0.25) is 0 Å². The molecule has 2 saturated heterocycles. The van der Waals surface area contributed by atoms with Gasteiger partial charge in [0.15, 0.2) is 11.8 Å². The van der Waals surface area contributed by atoms with E-state index in [1.54, 1.807) is 13.8 Å². The Bertz CT molecular complexity index is 471. The maximum absolute atomic E-state index is 11.9. The van der Waals surface area contributed by atoms with E-state index in [9.17, 15) is 24.9 Å². The molecule has 0 amide bonds. The van der Waals surface area contributed by atoms with Gasteiger partial charge in [-0.15, -0.1) is 0 Å². The predicted octanol–water partition coefficient (Wildman–Crippen LogP) is -1.88. The summed E-state index contributed by atoms with van der Waals surface area (Å²) in [6.07, 6.45) is -4.54. The monoisotopic (exact) mass is 331 g/mol. The van der Waals surface area contributed by atoms with Gasteiger partial charge in [0.05, 0.1) is 13.2 Å². The van der Waals surface area contributed by atoms with Crippen LogP contribution in [-0.2, 0) is 23.8 Å². The molecule has 2 bridgehead atoms. The molecule has 0 saturated carbocycles. The molecule has 0 aromatic carbocycles. The van der Waals surface area contributed by atoms with Gasteiger partial charge in [0, 0.05) is 12.7 Å². The molecule has 9 heteroatoms. The summed E-state index contributed by atoms with van der Waals surface area (Å²) in [5.74, 6) is -1.72. The van der Waals surface area contributed by atoms with Crippen LogP contribution in [0.3, 0.4) is 0 Å². The average molecular weight is 331 g/mol. The van der Waals surface area contributed by atoms with Crippen LogP contribution in [0.5, 0.6) is 0 Å². The number of likely N-dealkylation sites (tertiary alicyclic amines) is 1. The van der Waals surface area contributed by atoms with E-state index in [0.717, 1.165) is 0 Å². The van der Waals surface area contributed by atoms with Gasteiger partial charge in [-0.2, -0.15) is 0 Å². The van der Waals surface area contributed by atoms with Crippen molar-refractivity contribution < 1.29 is 39.1 Å². The largest absolute Gasteiger partial charge is 0.462 e. The fraction of sp³-hybridized carbons (Fsp3) is 0.714. The first-order valence-electron chi connectivity index (χ1n) is 7.42. The molecule has 0 aromatic rings. The zero-order valence-corrected chi connectivity index (χ0v) is 12.9. The lowest BCUT2D eigenvalue weighted by Crippen LogP contribution is -2.54. The SMILES string of the molecule is CCOC(=O)C(=CN1C[C@H]2O[C@@H]1[C@H](O)[C@@H](O)[C@H]2O)C(=O)OCC. The molecule has 2 aliphatic heterocycles. The van der Waals surface area contributed by atoms with Crippen molar-refractivity contribution in [3.05, 3.63) is 11.8 Å². The van der Waals surface area contributed by atoms with Gasteiger partial charge < -0.3 is 34.4 Å². The van der Waals surface area contributed by atoms with Crippen LogP contribution < -0.4 is 0 Å². The minimum absolute atomic E-state index is 0.0815. The van der Waals surface area contributed by atoms with Crippen LogP contribution in [0.2, 0.25) is 0 Å². The molecule has 2 rings (SSSR count). The van der Waals surface area contributed by atoms with E-state index in [4.69, 9.17) is 14.2 Å². The van der Waals surface area contributed by atoms with E-state index in [2.05, 4.69) is 0 Å². The fourth-order valence-electron chi connectivity index (χ4n) is 2.57. The zero-order chi connectivity index (χ0) is 17.1. The highest BCUT2D eigenvalue weighted by Crippen LogP contribution is 2.31. The van der Waals surface area contributed by atoms with Crippen molar-refractivity contribution in [2.24, 2.45) is 0 Å². The third-order valence-electron chi connectivity index (χ3n) is 3.69. The quantitative estimate of drug-likeness (QED) is 0.230. The molecule has 2 fully saturated rings. The van der Waals surface area contributed by atoms with Crippen molar-refractivity contribution in [1.29, 1.82) is 0 Å². The molecule has 23 heavy (non-hydrogen) atoms. The van der Waals surface area contributed by atoms with Crippen molar-refractivity contribution in [2.75, 3.05) is 19.8 Å². The molecule has 5 atom stereocenters. The molecular weight excluding hydrogens is 310 g/mol. The van der Waals surface area contributed by atoms with Gasteiger partial charge in [0.2, 0.25) is 0 Å². The number of carbonyl (C=O) groups is 2. The van der Waals surface area contributed by atoms with Crippen LogP contribution in [-0.4, -0.2) is 82.6 Å². The van der Waals surface area contributed by atoms with E-state index in [1.807, 2.05) is 0 Å². The third-order valence-corrected chi connectivity index (χ3v) is 3.69. The summed E-state index contributed by atoms with van der Waals surface area (Å²) in [7, 11) is 0. The second-order valence-electron chi connectivity index (χ2n) is 5.22. The summed E-state index contributed by atoms with van der Waals surface area (Å²) in [4.78, 5) is 25.2. The Balaban J connectivity index is 2.25. The molecular formula is C14H21NO8. The van der Waals surface area contributed by atoms with E-state index in [0.29, 0.717) is 0 Å². The van der Waals surface area contributed by atoms with Gasteiger partial charge in [0.25, 0.3) is 0 Å². The Morgan fingerprint density at radius 3 is 2.17 bits per heavy atom. The third kappa shape index (κ3) is 3.47. The molecule has 2 heterocycles. The number of aliphatic hydroxyl groups excluding tert-OH is 3. The van der Waals surface area contributed by atoms with Crippen molar-refractivity contribution in [3.8, 4) is 0 Å². The predicted molar refractivity (Wildman–Crippen MR) is 74.7 cm³/mol. The summed E-state index contributed by atoms with van der Waals surface area (Å²) >= 11 is 0. The Labute approximate surface area is 133 Å². The van der Waals surface area contributed by atoms with Crippen molar-refractivity contribution in [2.45, 2.75) is 44.5 Å². The lowest BCUT2D eigenvalue weighted by atomic mass is 10.0. The zero-order valence-electron chi connectivity index (χ0n) is 12.9. The summed E-state index contributed by atoms with van der Waals surface area (Å²) in [6.45, 7) is 3.46. The number of nitrogens with zero attached hydrogens (tertiary/aromatic N) is 1. The minimum Gasteiger partial charge on any atom is -0.462 e. The summed E-state index contributed by atoms with van der Waals surface area (Å²) in [5.41, 5.74) is -0.346. The maximum Gasteiger partial charge on any atom is 0.347 e. The standard InChI is InChI=1S/C14H21NO8/c1-3-21-13(19)7(14(20)22-4-2)5-15-6-8-9(16)10(17)11(18)12(15)23-8/h5,8-12,16-18H,3-4,6H2,1-2H3/t8-,9+,10+,11-,12-/m1/s1. The summed E-state index contributed by atoms with van der Waals surface area (Å²) < 4.78 is 15.1. The molecule has 0 aliphatic carbocycles. The smallest absolute Gasteiger partial charge is 0.347 e. The molecule has 0 unspecified atom stereocenters. The number of esters is 2. The lowest BCUT2D eigenvalue weighted by molar-refractivity contribution is -0.205. The highest BCUT2D eigenvalue weighted by atomic mass is 16.6. The first-order chi connectivity index (χ1) is 10.9. The van der Waals surface area contributed by atoms with Crippen molar-refractivity contribution in [1.82, 2.24) is 4.90 Å². The second-order valence-corrected chi connectivity index (χ2v) is 5.22. The summed E-state index contributed by atoms with van der Waals surface area (Å²) in [6, 6.07) is 0. The number of hydrogen-bond donors (Lipinski definition) is 3. The molecule has 0 spiro atoms. The van der Waals surface area contributed by atoms with Gasteiger partial charge in [-0.1, -0.05) is 0 Å². The summed E-state index contributed by atoms with van der Waals surface area (Å²) in [5, 5.41) is 29.5. The van der Waals surface area contributed by atoms with Gasteiger partial charge in [0.1, 0.15) is 24.4 Å².